The number of hydrogen-bond acceptors (Lipinski definition) is 4. The van der Waals surface area contributed by atoms with Gasteiger partial charge in [-0.25, -0.2) is 0 Å². The van der Waals surface area contributed by atoms with E-state index in [0.717, 1.165) is 52.0 Å². The summed E-state index contributed by atoms with van der Waals surface area (Å²) >= 11 is 0. The number of unbranched alkanes of at least 4 members (excludes halogenated alkanes) is 1. The molecule has 1 aliphatic heterocycles. The Hall–Kier alpha value is -0.160. The minimum Gasteiger partial charge on any atom is -0.396 e. The van der Waals surface area contributed by atoms with E-state index in [1.165, 1.54) is 0 Å². The van der Waals surface area contributed by atoms with E-state index in [-0.39, 0.29) is 6.10 Å². The highest BCUT2D eigenvalue weighted by Gasteiger charge is 2.25. The van der Waals surface area contributed by atoms with Gasteiger partial charge in [0.1, 0.15) is 0 Å². The highest BCUT2D eigenvalue weighted by atomic mass is 16.3. The van der Waals surface area contributed by atoms with Gasteiger partial charge in [-0.2, -0.15) is 0 Å². The summed E-state index contributed by atoms with van der Waals surface area (Å²) in [6.45, 7) is 9.53. The van der Waals surface area contributed by atoms with Crippen LogP contribution in [0.5, 0.6) is 0 Å². The molecule has 0 aliphatic carbocycles. The van der Waals surface area contributed by atoms with Gasteiger partial charge in [0.25, 0.3) is 0 Å². The summed E-state index contributed by atoms with van der Waals surface area (Å²) in [5, 5.41) is 18.3. The maximum atomic E-state index is 9.47. The second-order valence-corrected chi connectivity index (χ2v) is 5.14. The number of piperazine rings is 1. The first kappa shape index (κ1) is 14.9. The second-order valence-electron chi connectivity index (χ2n) is 5.14. The fourth-order valence-corrected chi connectivity index (χ4v) is 2.57. The van der Waals surface area contributed by atoms with Crippen molar-refractivity contribution in [1.82, 2.24) is 9.80 Å². The van der Waals surface area contributed by atoms with Gasteiger partial charge in [0, 0.05) is 38.8 Å². The Kier molecular flexibility index (Phi) is 7.04. The van der Waals surface area contributed by atoms with E-state index in [0.29, 0.717) is 12.6 Å². The molecule has 1 aliphatic rings. The first-order chi connectivity index (χ1) is 8.17. The van der Waals surface area contributed by atoms with Gasteiger partial charge < -0.3 is 15.1 Å². The molecule has 1 fully saturated rings. The number of aliphatic hydroxyl groups excluding tert-OH is 2. The van der Waals surface area contributed by atoms with Crippen molar-refractivity contribution in [1.29, 1.82) is 0 Å². The Labute approximate surface area is 105 Å². The van der Waals surface area contributed by atoms with Gasteiger partial charge in [0.15, 0.2) is 0 Å². The molecule has 0 saturated carbocycles. The Balaban J connectivity index is 2.32. The first-order valence-electron chi connectivity index (χ1n) is 6.92. The molecular formula is C13H28N2O2. The van der Waals surface area contributed by atoms with Crippen LogP contribution in [0, 0.1) is 0 Å². The van der Waals surface area contributed by atoms with Crippen molar-refractivity contribution in [2.24, 2.45) is 0 Å². The van der Waals surface area contributed by atoms with E-state index in [2.05, 4.69) is 16.7 Å². The third-order valence-electron chi connectivity index (χ3n) is 3.54. The number of aliphatic hydroxyl groups is 2. The molecule has 4 nitrogen and oxygen atoms in total. The Morgan fingerprint density at radius 3 is 2.65 bits per heavy atom. The lowest BCUT2D eigenvalue weighted by Gasteiger charge is -2.41. The minimum atomic E-state index is -0.231. The van der Waals surface area contributed by atoms with Gasteiger partial charge in [0.05, 0.1) is 6.10 Å². The SMILES string of the molecule is CCC1CN(CCCCO)CCN1CC(C)O. The second kappa shape index (κ2) is 8.03. The van der Waals surface area contributed by atoms with Crippen LogP contribution < -0.4 is 0 Å². The first-order valence-corrected chi connectivity index (χ1v) is 6.92. The topological polar surface area (TPSA) is 46.9 Å². The van der Waals surface area contributed by atoms with Crippen LogP contribution >= 0.6 is 0 Å². The zero-order valence-electron chi connectivity index (χ0n) is 11.3. The predicted molar refractivity (Wildman–Crippen MR) is 70.1 cm³/mol. The van der Waals surface area contributed by atoms with E-state index in [1.807, 2.05) is 6.92 Å². The van der Waals surface area contributed by atoms with Gasteiger partial charge in [-0.1, -0.05) is 6.92 Å². The predicted octanol–water partition coefficient (Wildman–Crippen LogP) is 0.536. The summed E-state index contributed by atoms with van der Waals surface area (Å²) in [6, 6.07) is 0.576. The van der Waals surface area contributed by atoms with E-state index < -0.39 is 0 Å². The number of rotatable bonds is 7. The summed E-state index contributed by atoms with van der Waals surface area (Å²) in [4.78, 5) is 4.90. The Morgan fingerprint density at radius 1 is 1.29 bits per heavy atom. The van der Waals surface area contributed by atoms with Crippen molar-refractivity contribution in [3.8, 4) is 0 Å². The normalized spacial score (nSPS) is 25.1. The summed E-state index contributed by atoms with van der Waals surface area (Å²) in [5.74, 6) is 0. The fraction of sp³-hybridized carbons (Fsp3) is 1.00. The van der Waals surface area contributed by atoms with Crippen molar-refractivity contribution in [3.05, 3.63) is 0 Å². The maximum absolute atomic E-state index is 9.47. The maximum Gasteiger partial charge on any atom is 0.0639 e. The molecule has 17 heavy (non-hydrogen) atoms. The molecule has 2 atom stereocenters. The van der Waals surface area contributed by atoms with E-state index in [9.17, 15) is 5.11 Å². The van der Waals surface area contributed by atoms with Gasteiger partial charge in [0.2, 0.25) is 0 Å². The van der Waals surface area contributed by atoms with E-state index >= 15 is 0 Å². The summed E-state index contributed by atoms with van der Waals surface area (Å²) in [7, 11) is 0. The van der Waals surface area contributed by atoms with Crippen molar-refractivity contribution in [3.63, 3.8) is 0 Å². The molecule has 0 aromatic carbocycles. The monoisotopic (exact) mass is 244 g/mol. The highest BCUT2D eigenvalue weighted by Crippen LogP contribution is 2.13. The smallest absolute Gasteiger partial charge is 0.0639 e. The van der Waals surface area contributed by atoms with Gasteiger partial charge >= 0.3 is 0 Å². The van der Waals surface area contributed by atoms with Crippen LogP contribution in [0.2, 0.25) is 0 Å². The lowest BCUT2D eigenvalue weighted by molar-refractivity contribution is 0.0357. The molecule has 2 N–H and O–H groups in total. The standard InChI is InChI=1S/C13H28N2O2/c1-3-13-11-14(6-4-5-9-16)7-8-15(13)10-12(2)17/h12-13,16-17H,3-11H2,1-2H3. The highest BCUT2D eigenvalue weighted by molar-refractivity contribution is 4.82. The third kappa shape index (κ3) is 5.34. The Bertz CT molecular complexity index is 200. The molecule has 102 valence electrons. The number of nitrogens with zero attached hydrogens (tertiary/aromatic N) is 2. The molecule has 0 aromatic rings. The minimum absolute atomic E-state index is 0.231. The number of β-amino-alcohol motifs (C(OH)–C–C–N with tert-alkyl or cyclic N) is 1. The fourth-order valence-electron chi connectivity index (χ4n) is 2.57. The van der Waals surface area contributed by atoms with Crippen LogP contribution in [0.1, 0.15) is 33.1 Å². The van der Waals surface area contributed by atoms with Crippen molar-refractivity contribution in [2.45, 2.75) is 45.3 Å². The molecular weight excluding hydrogens is 216 g/mol. The molecule has 1 saturated heterocycles. The Morgan fingerprint density at radius 2 is 2.06 bits per heavy atom. The molecule has 0 aromatic heterocycles. The summed E-state index contributed by atoms with van der Waals surface area (Å²) in [6.07, 6.45) is 2.90. The molecule has 4 heteroatoms. The quantitative estimate of drug-likeness (QED) is 0.642. The van der Waals surface area contributed by atoms with Crippen LogP contribution in [0.4, 0.5) is 0 Å². The van der Waals surface area contributed by atoms with E-state index in [1.54, 1.807) is 0 Å². The number of hydrogen-bond donors (Lipinski definition) is 2. The lowest BCUT2D eigenvalue weighted by atomic mass is 10.1. The lowest BCUT2D eigenvalue weighted by Crippen LogP contribution is -2.54. The van der Waals surface area contributed by atoms with Crippen molar-refractivity contribution < 1.29 is 10.2 Å². The van der Waals surface area contributed by atoms with Crippen molar-refractivity contribution in [2.75, 3.05) is 39.3 Å². The van der Waals surface area contributed by atoms with Crippen LogP contribution in [0.25, 0.3) is 0 Å². The van der Waals surface area contributed by atoms with Gasteiger partial charge in [-0.05, 0) is 32.7 Å². The average Bonchev–Trinajstić information content (AvgIpc) is 2.30. The molecule has 0 spiro atoms. The largest absolute Gasteiger partial charge is 0.396 e. The molecule has 1 heterocycles. The van der Waals surface area contributed by atoms with Crippen molar-refractivity contribution >= 4 is 0 Å². The molecule has 0 radical (unpaired) electrons. The molecule has 0 amide bonds. The zero-order chi connectivity index (χ0) is 12.7. The van der Waals surface area contributed by atoms with Crippen LogP contribution in [0.3, 0.4) is 0 Å². The summed E-state index contributed by atoms with van der Waals surface area (Å²) in [5.41, 5.74) is 0. The van der Waals surface area contributed by atoms with E-state index in [4.69, 9.17) is 5.11 Å². The third-order valence-corrected chi connectivity index (χ3v) is 3.54. The molecule has 2 unspecified atom stereocenters. The van der Waals surface area contributed by atoms with Crippen LogP contribution in [-0.4, -0.2) is 71.5 Å². The average molecular weight is 244 g/mol. The zero-order valence-corrected chi connectivity index (χ0v) is 11.3. The summed E-state index contributed by atoms with van der Waals surface area (Å²) < 4.78 is 0. The van der Waals surface area contributed by atoms with Crippen LogP contribution in [-0.2, 0) is 0 Å². The molecule has 1 rings (SSSR count). The van der Waals surface area contributed by atoms with Gasteiger partial charge in [-0.3, -0.25) is 4.90 Å². The van der Waals surface area contributed by atoms with Gasteiger partial charge in [-0.15, -0.1) is 0 Å². The molecule has 0 bridgehead atoms. The van der Waals surface area contributed by atoms with Crippen LogP contribution in [0.15, 0.2) is 0 Å².